The molecule has 4 rings (SSSR count). The van der Waals surface area contributed by atoms with Crippen molar-refractivity contribution in [1.29, 1.82) is 0 Å². The highest BCUT2D eigenvalue weighted by Gasteiger charge is 2.24. The number of carbonyl (C=O) groups excluding carboxylic acids is 1. The Morgan fingerprint density at radius 1 is 1.24 bits per heavy atom. The highest BCUT2D eigenvalue weighted by molar-refractivity contribution is 5.93. The molecule has 1 aliphatic rings. The van der Waals surface area contributed by atoms with E-state index in [0.717, 1.165) is 42.7 Å². The summed E-state index contributed by atoms with van der Waals surface area (Å²) in [6.45, 7) is 1.67. The molecule has 1 aromatic carbocycles. The maximum absolute atomic E-state index is 12.4. The van der Waals surface area contributed by atoms with Crippen LogP contribution < -0.4 is 10.2 Å². The second kappa shape index (κ2) is 6.51. The van der Waals surface area contributed by atoms with Crippen LogP contribution in [-0.2, 0) is 7.05 Å². The number of nitrogens with one attached hydrogen (secondary N) is 1. The number of hydrogen-bond donors (Lipinski definition) is 1. The molecule has 3 heterocycles. The summed E-state index contributed by atoms with van der Waals surface area (Å²) in [4.78, 5) is 23.5. The van der Waals surface area contributed by atoms with Crippen molar-refractivity contribution in [2.24, 2.45) is 7.05 Å². The number of hydrogen-bond acceptors (Lipinski definition) is 5. The predicted molar refractivity (Wildman–Crippen MR) is 95.4 cm³/mol. The van der Waals surface area contributed by atoms with Gasteiger partial charge >= 0.3 is 0 Å². The van der Waals surface area contributed by atoms with Gasteiger partial charge in [-0.3, -0.25) is 9.48 Å². The molecule has 1 aliphatic heterocycles. The molecule has 0 spiro atoms. The number of anilines is 1. The van der Waals surface area contributed by atoms with Gasteiger partial charge in [-0.15, -0.1) is 0 Å². The summed E-state index contributed by atoms with van der Waals surface area (Å²) >= 11 is 0. The van der Waals surface area contributed by atoms with Crippen molar-refractivity contribution in [3.05, 3.63) is 48.5 Å². The van der Waals surface area contributed by atoms with Crippen LogP contribution >= 0.6 is 0 Å². The Morgan fingerprint density at radius 2 is 2.12 bits per heavy atom. The van der Waals surface area contributed by atoms with Crippen LogP contribution in [0.5, 0.6) is 0 Å². The zero-order valence-corrected chi connectivity index (χ0v) is 14.1. The number of benzene rings is 1. The molecular weight excluding hydrogens is 316 g/mol. The van der Waals surface area contributed by atoms with Crippen LogP contribution in [0.4, 0.5) is 5.82 Å². The first-order valence-electron chi connectivity index (χ1n) is 8.46. The van der Waals surface area contributed by atoms with E-state index in [2.05, 4.69) is 25.3 Å². The Hall–Kier alpha value is -2.96. The Morgan fingerprint density at radius 3 is 2.96 bits per heavy atom. The van der Waals surface area contributed by atoms with Gasteiger partial charge in [0.15, 0.2) is 0 Å². The average Bonchev–Trinajstić information content (AvgIpc) is 3.07. The monoisotopic (exact) mass is 336 g/mol. The molecule has 0 aliphatic carbocycles. The van der Waals surface area contributed by atoms with E-state index in [1.807, 2.05) is 24.3 Å². The highest BCUT2D eigenvalue weighted by Crippen LogP contribution is 2.25. The smallest absolute Gasteiger partial charge is 0.269 e. The topological polar surface area (TPSA) is 75.9 Å². The lowest BCUT2D eigenvalue weighted by atomic mass is 10.0. The molecule has 0 radical (unpaired) electrons. The largest absolute Gasteiger partial charge is 0.354 e. The van der Waals surface area contributed by atoms with Crippen LogP contribution in [0, 0.1) is 0 Å². The SMILES string of the molecule is Cn1nccc1C(=O)NC1CCCN(c2ncnc3ccccc23)C1. The molecule has 3 aromatic rings. The zero-order valence-electron chi connectivity index (χ0n) is 14.1. The number of piperidine rings is 1. The first-order chi connectivity index (χ1) is 12.2. The zero-order chi connectivity index (χ0) is 17.2. The second-order valence-corrected chi connectivity index (χ2v) is 6.31. The number of aryl methyl sites for hydroxylation is 1. The van der Waals surface area contributed by atoms with Crippen LogP contribution in [0.1, 0.15) is 23.3 Å². The number of rotatable bonds is 3. The molecule has 1 atom stereocenters. The molecule has 7 nitrogen and oxygen atoms in total. The molecule has 1 saturated heterocycles. The van der Waals surface area contributed by atoms with E-state index in [1.165, 1.54) is 0 Å². The van der Waals surface area contributed by atoms with E-state index < -0.39 is 0 Å². The number of aromatic nitrogens is 4. The molecule has 1 fully saturated rings. The standard InChI is InChI=1S/C18H20N6O/c1-23-16(8-9-21-23)18(25)22-13-5-4-10-24(11-13)17-14-6-2-3-7-15(14)19-12-20-17/h2-3,6-9,12-13H,4-5,10-11H2,1H3,(H,22,25). The molecule has 2 aromatic heterocycles. The fraction of sp³-hybridized carbons (Fsp3) is 0.333. The van der Waals surface area contributed by atoms with Gasteiger partial charge in [0.25, 0.3) is 5.91 Å². The minimum atomic E-state index is -0.0839. The molecule has 25 heavy (non-hydrogen) atoms. The van der Waals surface area contributed by atoms with Crippen molar-refractivity contribution < 1.29 is 4.79 Å². The van der Waals surface area contributed by atoms with E-state index in [0.29, 0.717) is 5.69 Å². The molecule has 7 heteroatoms. The van der Waals surface area contributed by atoms with Gasteiger partial charge < -0.3 is 10.2 Å². The lowest BCUT2D eigenvalue weighted by Crippen LogP contribution is -2.48. The third-order valence-corrected chi connectivity index (χ3v) is 4.63. The summed E-state index contributed by atoms with van der Waals surface area (Å²) in [6, 6.07) is 9.83. The van der Waals surface area contributed by atoms with Gasteiger partial charge in [-0.25, -0.2) is 9.97 Å². The van der Waals surface area contributed by atoms with Gasteiger partial charge in [0.1, 0.15) is 17.8 Å². The van der Waals surface area contributed by atoms with Crippen LogP contribution in [-0.4, -0.2) is 44.8 Å². The molecule has 1 amide bonds. The maximum atomic E-state index is 12.4. The van der Waals surface area contributed by atoms with Crippen LogP contribution in [0.2, 0.25) is 0 Å². The quantitative estimate of drug-likeness (QED) is 0.789. The number of amides is 1. The number of nitrogens with zero attached hydrogens (tertiary/aromatic N) is 5. The molecule has 1 N–H and O–H groups in total. The summed E-state index contributed by atoms with van der Waals surface area (Å²) < 4.78 is 1.59. The normalized spacial score (nSPS) is 17.6. The number of para-hydroxylation sites is 1. The van der Waals surface area contributed by atoms with Crippen molar-refractivity contribution >= 4 is 22.6 Å². The van der Waals surface area contributed by atoms with Gasteiger partial charge in [0.05, 0.1) is 5.52 Å². The Kier molecular flexibility index (Phi) is 4.05. The van der Waals surface area contributed by atoms with Crippen LogP contribution in [0.3, 0.4) is 0 Å². The van der Waals surface area contributed by atoms with Crippen molar-refractivity contribution in [2.75, 3.05) is 18.0 Å². The van der Waals surface area contributed by atoms with Gasteiger partial charge in [-0.1, -0.05) is 12.1 Å². The molecule has 0 bridgehead atoms. The molecule has 0 saturated carbocycles. The molecular formula is C18H20N6O. The Bertz CT molecular complexity index is 900. The van der Waals surface area contributed by atoms with Gasteiger partial charge in [0.2, 0.25) is 0 Å². The van der Waals surface area contributed by atoms with Crippen molar-refractivity contribution in [3.8, 4) is 0 Å². The summed E-state index contributed by atoms with van der Waals surface area (Å²) in [5, 5.41) is 8.23. The fourth-order valence-corrected chi connectivity index (χ4v) is 3.39. The first-order valence-corrected chi connectivity index (χ1v) is 8.46. The minimum absolute atomic E-state index is 0.0839. The third kappa shape index (κ3) is 3.05. The molecule has 1 unspecified atom stereocenters. The number of carbonyl (C=O) groups is 1. The van der Waals surface area contributed by atoms with E-state index in [4.69, 9.17) is 0 Å². The lowest BCUT2D eigenvalue weighted by molar-refractivity contribution is 0.0923. The third-order valence-electron chi connectivity index (χ3n) is 4.63. The van der Waals surface area contributed by atoms with E-state index in [9.17, 15) is 4.79 Å². The van der Waals surface area contributed by atoms with Crippen LogP contribution in [0.15, 0.2) is 42.9 Å². The minimum Gasteiger partial charge on any atom is -0.354 e. The average molecular weight is 336 g/mol. The lowest BCUT2D eigenvalue weighted by Gasteiger charge is -2.34. The summed E-state index contributed by atoms with van der Waals surface area (Å²) in [6.07, 6.45) is 5.21. The second-order valence-electron chi connectivity index (χ2n) is 6.31. The van der Waals surface area contributed by atoms with Crippen LogP contribution in [0.25, 0.3) is 10.9 Å². The number of fused-ring (bicyclic) bond motifs is 1. The first kappa shape index (κ1) is 15.6. The Labute approximate surface area is 145 Å². The maximum Gasteiger partial charge on any atom is 0.269 e. The van der Waals surface area contributed by atoms with Gasteiger partial charge in [0, 0.05) is 37.8 Å². The van der Waals surface area contributed by atoms with Crippen molar-refractivity contribution in [2.45, 2.75) is 18.9 Å². The highest BCUT2D eigenvalue weighted by atomic mass is 16.2. The van der Waals surface area contributed by atoms with E-state index in [1.54, 1.807) is 30.3 Å². The van der Waals surface area contributed by atoms with E-state index in [-0.39, 0.29) is 11.9 Å². The van der Waals surface area contributed by atoms with Crippen molar-refractivity contribution in [1.82, 2.24) is 25.1 Å². The summed E-state index contributed by atoms with van der Waals surface area (Å²) in [5.74, 6) is 0.851. The van der Waals surface area contributed by atoms with E-state index >= 15 is 0 Å². The Balaban J connectivity index is 1.53. The molecule has 128 valence electrons. The summed E-state index contributed by atoms with van der Waals surface area (Å²) in [5.41, 5.74) is 1.51. The fourth-order valence-electron chi connectivity index (χ4n) is 3.39. The van der Waals surface area contributed by atoms with Gasteiger partial charge in [-0.2, -0.15) is 5.10 Å². The van der Waals surface area contributed by atoms with Crippen molar-refractivity contribution in [3.63, 3.8) is 0 Å². The summed E-state index contributed by atoms with van der Waals surface area (Å²) in [7, 11) is 1.77. The predicted octanol–water partition coefficient (Wildman–Crippen LogP) is 1.76. The van der Waals surface area contributed by atoms with Gasteiger partial charge in [-0.05, 0) is 31.0 Å².